The van der Waals surface area contributed by atoms with Gasteiger partial charge in [-0.05, 0) is 19.1 Å². The van der Waals surface area contributed by atoms with Gasteiger partial charge in [0, 0.05) is 13.1 Å². The normalized spacial score (nSPS) is 10.4. The van der Waals surface area contributed by atoms with Crippen molar-refractivity contribution in [1.29, 1.82) is 0 Å². The number of rotatable bonds is 6. The highest BCUT2D eigenvalue weighted by atomic mass is 32.2. The molecule has 1 N–H and O–H groups in total. The van der Waals surface area contributed by atoms with Gasteiger partial charge in [0.1, 0.15) is 17.3 Å². The largest absolute Gasteiger partial charge is 0.497 e. The van der Waals surface area contributed by atoms with Crippen LogP contribution < -0.4 is 14.8 Å². The van der Waals surface area contributed by atoms with Gasteiger partial charge in [-0.15, -0.1) is 10.2 Å². The highest BCUT2D eigenvalue weighted by Crippen LogP contribution is 2.29. The van der Waals surface area contributed by atoms with Crippen molar-refractivity contribution in [3.05, 3.63) is 24.0 Å². The Morgan fingerprint density at radius 1 is 1.32 bits per heavy atom. The molecule has 22 heavy (non-hydrogen) atoms. The SMILES string of the molecule is COc1ccc(NC(=O)CSc2nnc(C)n2C)c(OC)c1. The highest BCUT2D eigenvalue weighted by Gasteiger charge is 2.12. The zero-order chi connectivity index (χ0) is 16.1. The van der Waals surface area contributed by atoms with Crippen LogP contribution >= 0.6 is 11.8 Å². The molecule has 0 radical (unpaired) electrons. The summed E-state index contributed by atoms with van der Waals surface area (Å²) in [4.78, 5) is 12.1. The predicted octanol–water partition coefficient (Wildman–Crippen LogP) is 1.87. The summed E-state index contributed by atoms with van der Waals surface area (Å²) in [5.41, 5.74) is 0.600. The molecular weight excluding hydrogens is 304 g/mol. The Balaban J connectivity index is 1.98. The molecule has 0 atom stereocenters. The van der Waals surface area contributed by atoms with E-state index in [0.717, 1.165) is 5.82 Å². The van der Waals surface area contributed by atoms with E-state index >= 15 is 0 Å². The number of benzene rings is 1. The molecule has 0 aliphatic rings. The number of carbonyl (C=O) groups excluding carboxylic acids is 1. The number of ether oxygens (including phenoxy) is 2. The lowest BCUT2D eigenvalue weighted by molar-refractivity contribution is -0.113. The minimum atomic E-state index is -0.144. The fourth-order valence-corrected chi connectivity index (χ4v) is 2.49. The van der Waals surface area contributed by atoms with E-state index in [0.29, 0.717) is 22.3 Å². The van der Waals surface area contributed by atoms with Gasteiger partial charge in [0.15, 0.2) is 5.16 Å². The molecule has 1 heterocycles. The van der Waals surface area contributed by atoms with Crippen molar-refractivity contribution in [3.8, 4) is 11.5 Å². The first-order chi connectivity index (χ1) is 10.5. The predicted molar refractivity (Wildman–Crippen MR) is 84.6 cm³/mol. The van der Waals surface area contributed by atoms with E-state index in [1.54, 1.807) is 32.4 Å². The first-order valence-corrected chi connectivity index (χ1v) is 7.54. The molecule has 0 bridgehead atoms. The summed E-state index contributed by atoms with van der Waals surface area (Å²) >= 11 is 1.33. The van der Waals surface area contributed by atoms with Crippen LogP contribution in [0.3, 0.4) is 0 Å². The Labute approximate surface area is 133 Å². The third-order valence-electron chi connectivity index (χ3n) is 3.07. The second kappa shape index (κ2) is 7.17. The van der Waals surface area contributed by atoms with Crippen molar-refractivity contribution >= 4 is 23.4 Å². The summed E-state index contributed by atoms with van der Waals surface area (Å²) in [6.07, 6.45) is 0. The number of hydrogen-bond donors (Lipinski definition) is 1. The molecule has 1 aromatic carbocycles. The van der Waals surface area contributed by atoms with E-state index < -0.39 is 0 Å². The molecule has 0 spiro atoms. The molecule has 8 heteroatoms. The summed E-state index contributed by atoms with van der Waals surface area (Å²) in [6.45, 7) is 1.86. The van der Waals surface area contributed by atoms with Crippen molar-refractivity contribution in [2.45, 2.75) is 12.1 Å². The van der Waals surface area contributed by atoms with Crippen LogP contribution in [0.4, 0.5) is 5.69 Å². The zero-order valence-corrected chi connectivity index (χ0v) is 13.7. The minimum Gasteiger partial charge on any atom is -0.497 e. The van der Waals surface area contributed by atoms with Crippen molar-refractivity contribution in [1.82, 2.24) is 14.8 Å². The maximum atomic E-state index is 12.1. The number of amides is 1. The van der Waals surface area contributed by atoms with E-state index in [2.05, 4.69) is 15.5 Å². The topological polar surface area (TPSA) is 78.3 Å². The average Bonchev–Trinajstić information content (AvgIpc) is 2.85. The smallest absolute Gasteiger partial charge is 0.234 e. The van der Waals surface area contributed by atoms with Gasteiger partial charge in [0.2, 0.25) is 5.91 Å². The van der Waals surface area contributed by atoms with Gasteiger partial charge in [0.05, 0.1) is 25.7 Å². The second-order valence-electron chi connectivity index (χ2n) is 4.49. The Hall–Kier alpha value is -2.22. The van der Waals surface area contributed by atoms with Gasteiger partial charge in [-0.1, -0.05) is 11.8 Å². The molecule has 7 nitrogen and oxygen atoms in total. The van der Waals surface area contributed by atoms with E-state index in [1.165, 1.54) is 11.8 Å². The summed E-state index contributed by atoms with van der Waals surface area (Å²) in [7, 11) is 4.98. The maximum Gasteiger partial charge on any atom is 0.234 e. The van der Waals surface area contributed by atoms with Crippen LogP contribution in [0.2, 0.25) is 0 Å². The summed E-state index contributed by atoms with van der Waals surface area (Å²) in [5.74, 6) is 2.11. The molecule has 0 aliphatic heterocycles. The number of carbonyl (C=O) groups is 1. The quantitative estimate of drug-likeness (QED) is 0.818. The second-order valence-corrected chi connectivity index (χ2v) is 5.43. The fourth-order valence-electron chi connectivity index (χ4n) is 1.73. The first kappa shape index (κ1) is 16.2. The van der Waals surface area contributed by atoms with Crippen LogP contribution in [0.25, 0.3) is 0 Å². The first-order valence-electron chi connectivity index (χ1n) is 6.55. The van der Waals surface area contributed by atoms with E-state index in [4.69, 9.17) is 9.47 Å². The van der Waals surface area contributed by atoms with Crippen molar-refractivity contribution in [2.75, 3.05) is 25.3 Å². The number of nitrogens with one attached hydrogen (secondary N) is 1. The van der Waals surface area contributed by atoms with Crippen LogP contribution in [0, 0.1) is 6.92 Å². The van der Waals surface area contributed by atoms with Crippen molar-refractivity contribution in [2.24, 2.45) is 7.05 Å². The average molecular weight is 322 g/mol. The number of nitrogens with zero attached hydrogens (tertiary/aromatic N) is 3. The lowest BCUT2D eigenvalue weighted by Crippen LogP contribution is -2.15. The molecule has 0 fully saturated rings. The zero-order valence-electron chi connectivity index (χ0n) is 12.9. The molecule has 1 amide bonds. The Morgan fingerprint density at radius 3 is 2.68 bits per heavy atom. The molecule has 0 saturated carbocycles. The van der Waals surface area contributed by atoms with Gasteiger partial charge < -0.3 is 19.4 Å². The lowest BCUT2D eigenvalue weighted by Gasteiger charge is -2.11. The van der Waals surface area contributed by atoms with Gasteiger partial charge in [-0.25, -0.2) is 0 Å². The standard InChI is InChI=1S/C14H18N4O3S/c1-9-16-17-14(18(9)2)22-8-13(19)15-11-6-5-10(20-3)7-12(11)21-4/h5-7H,8H2,1-4H3,(H,15,19). The molecular formula is C14H18N4O3S. The maximum absolute atomic E-state index is 12.1. The van der Waals surface area contributed by atoms with Crippen molar-refractivity contribution < 1.29 is 14.3 Å². The van der Waals surface area contributed by atoms with Crippen LogP contribution in [0.1, 0.15) is 5.82 Å². The molecule has 2 rings (SSSR count). The highest BCUT2D eigenvalue weighted by molar-refractivity contribution is 7.99. The van der Waals surface area contributed by atoms with Gasteiger partial charge in [-0.3, -0.25) is 4.79 Å². The molecule has 1 aromatic heterocycles. The number of hydrogen-bond acceptors (Lipinski definition) is 6. The third kappa shape index (κ3) is 3.70. The number of aryl methyl sites for hydroxylation is 1. The fraction of sp³-hybridized carbons (Fsp3) is 0.357. The summed E-state index contributed by atoms with van der Waals surface area (Å²) in [6, 6.07) is 5.22. The van der Waals surface area contributed by atoms with E-state index in [-0.39, 0.29) is 11.7 Å². The minimum absolute atomic E-state index is 0.144. The summed E-state index contributed by atoms with van der Waals surface area (Å²) in [5, 5.41) is 11.5. The number of methoxy groups -OCH3 is 2. The van der Waals surface area contributed by atoms with Gasteiger partial charge in [0.25, 0.3) is 0 Å². The Morgan fingerprint density at radius 2 is 2.09 bits per heavy atom. The monoisotopic (exact) mass is 322 g/mol. The lowest BCUT2D eigenvalue weighted by atomic mass is 10.2. The van der Waals surface area contributed by atoms with Crippen molar-refractivity contribution in [3.63, 3.8) is 0 Å². The molecule has 118 valence electrons. The molecule has 0 saturated heterocycles. The molecule has 0 aliphatic carbocycles. The third-order valence-corrected chi connectivity index (χ3v) is 4.09. The Bertz CT molecular complexity index is 672. The van der Waals surface area contributed by atoms with Gasteiger partial charge >= 0.3 is 0 Å². The number of aromatic nitrogens is 3. The Kier molecular flexibility index (Phi) is 5.26. The molecule has 0 unspecified atom stereocenters. The number of anilines is 1. The molecule has 2 aromatic rings. The van der Waals surface area contributed by atoms with Crippen LogP contribution in [0.15, 0.2) is 23.4 Å². The summed E-state index contributed by atoms with van der Waals surface area (Å²) < 4.78 is 12.2. The van der Waals surface area contributed by atoms with E-state index in [1.807, 2.05) is 18.5 Å². The van der Waals surface area contributed by atoms with Crippen LogP contribution in [-0.2, 0) is 11.8 Å². The van der Waals surface area contributed by atoms with Crippen LogP contribution in [-0.4, -0.2) is 40.6 Å². The van der Waals surface area contributed by atoms with E-state index in [9.17, 15) is 4.79 Å². The number of thioether (sulfide) groups is 1. The van der Waals surface area contributed by atoms with Gasteiger partial charge in [-0.2, -0.15) is 0 Å². The van der Waals surface area contributed by atoms with Crippen LogP contribution in [0.5, 0.6) is 11.5 Å².